The highest BCUT2D eigenvalue weighted by molar-refractivity contribution is 14.0. The molecule has 1 aromatic heterocycles. The van der Waals surface area contributed by atoms with Gasteiger partial charge in [-0.1, -0.05) is 36.4 Å². The first-order valence-corrected chi connectivity index (χ1v) is 7.30. The van der Waals surface area contributed by atoms with Crippen molar-refractivity contribution >= 4 is 46.5 Å². The molecule has 124 valence electrons. The van der Waals surface area contributed by atoms with Crippen molar-refractivity contribution in [3.63, 3.8) is 0 Å². The lowest BCUT2D eigenvalue weighted by atomic mass is 10.1. The number of benzene rings is 2. The Morgan fingerprint density at radius 2 is 1.92 bits per heavy atom. The van der Waals surface area contributed by atoms with Gasteiger partial charge in [-0.05, 0) is 23.8 Å². The molecule has 2 aromatic carbocycles. The van der Waals surface area contributed by atoms with Crippen molar-refractivity contribution in [3.05, 3.63) is 66.4 Å². The third kappa shape index (κ3) is 4.14. The van der Waals surface area contributed by atoms with Crippen LogP contribution in [0.25, 0.3) is 10.9 Å². The molecule has 0 saturated carbocycles. The minimum Gasteiger partial charge on any atom is -0.495 e. The molecule has 0 fully saturated rings. The van der Waals surface area contributed by atoms with E-state index >= 15 is 0 Å². The van der Waals surface area contributed by atoms with Crippen molar-refractivity contribution in [1.82, 2.24) is 4.98 Å². The number of hydrogen-bond acceptors (Lipinski definition) is 3. The molecule has 0 atom stereocenters. The van der Waals surface area contributed by atoms with Crippen molar-refractivity contribution in [2.45, 2.75) is 6.54 Å². The number of para-hydroxylation sites is 3. The number of nitrogens with two attached hydrogens (primary N) is 1. The lowest BCUT2D eigenvalue weighted by Crippen LogP contribution is -2.23. The molecule has 0 radical (unpaired) electrons. The Morgan fingerprint density at radius 3 is 2.75 bits per heavy atom. The van der Waals surface area contributed by atoms with E-state index in [0.29, 0.717) is 12.5 Å². The number of hydrogen-bond donors (Lipinski definition) is 2. The monoisotopic (exact) mass is 434 g/mol. The molecule has 0 bridgehead atoms. The second-order valence-corrected chi connectivity index (χ2v) is 5.02. The van der Waals surface area contributed by atoms with Crippen LogP contribution in [0.15, 0.2) is 65.8 Å². The van der Waals surface area contributed by atoms with E-state index in [2.05, 4.69) is 15.3 Å². The average Bonchev–Trinajstić information content (AvgIpc) is 2.60. The molecule has 0 aliphatic heterocycles. The number of aromatic nitrogens is 1. The van der Waals surface area contributed by atoms with Gasteiger partial charge in [0.25, 0.3) is 0 Å². The number of guanidine groups is 1. The maximum atomic E-state index is 5.98. The summed E-state index contributed by atoms with van der Waals surface area (Å²) >= 11 is 0. The van der Waals surface area contributed by atoms with Crippen LogP contribution in [0.4, 0.5) is 5.69 Å². The number of pyridine rings is 1. The Bertz CT molecular complexity index is 846. The zero-order chi connectivity index (χ0) is 16.1. The van der Waals surface area contributed by atoms with Gasteiger partial charge in [0.2, 0.25) is 0 Å². The largest absolute Gasteiger partial charge is 0.495 e. The van der Waals surface area contributed by atoms with Crippen molar-refractivity contribution in [2.75, 3.05) is 12.4 Å². The molecule has 6 heteroatoms. The van der Waals surface area contributed by atoms with Crippen LogP contribution in [0.2, 0.25) is 0 Å². The molecule has 5 nitrogen and oxygen atoms in total. The van der Waals surface area contributed by atoms with E-state index in [9.17, 15) is 0 Å². The number of rotatable bonds is 4. The predicted octanol–water partition coefficient (Wildman–Crippen LogP) is 3.79. The predicted molar refractivity (Wildman–Crippen MR) is 109 cm³/mol. The van der Waals surface area contributed by atoms with Gasteiger partial charge in [0.15, 0.2) is 5.96 Å². The van der Waals surface area contributed by atoms with Crippen LogP contribution in [-0.2, 0) is 6.54 Å². The number of ether oxygens (including phenoxy) is 1. The summed E-state index contributed by atoms with van der Waals surface area (Å²) in [7, 11) is 1.62. The lowest BCUT2D eigenvalue weighted by Gasteiger charge is -2.10. The summed E-state index contributed by atoms with van der Waals surface area (Å²) in [5.41, 5.74) is 8.75. The van der Waals surface area contributed by atoms with Gasteiger partial charge >= 0.3 is 0 Å². The molecule has 1 heterocycles. The first kappa shape index (κ1) is 18.0. The average molecular weight is 434 g/mol. The Kier molecular flexibility index (Phi) is 6.36. The third-order valence-corrected chi connectivity index (χ3v) is 3.51. The second kappa shape index (κ2) is 8.49. The Balaban J connectivity index is 0.00000208. The molecule has 0 aliphatic rings. The molecule has 3 aromatic rings. The highest BCUT2D eigenvalue weighted by Gasteiger charge is 2.04. The van der Waals surface area contributed by atoms with Gasteiger partial charge in [-0.15, -0.1) is 24.0 Å². The number of anilines is 1. The number of nitrogens with zero attached hydrogens (tertiary/aromatic N) is 2. The number of methoxy groups -OCH3 is 1. The van der Waals surface area contributed by atoms with Crippen molar-refractivity contribution in [2.24, 2.45) is 10.7 Å². The molecular formula is C18H19IN4O. The first-order chi connectivity index (χ1) is 11.3. The van der Waals surface area contributed by atoms with Gasteiger partial charge in [0.1, 0.15) is 5.75 Å². The van der Waals surface area contributed by atoms with Crippen molar-refractivity contribution in [3.8, 4) is 5.75 Å². The first-order valence-electron chi connectivity index (χ1n) is 7.30. The van der Waals surface area contributed by atoms with E-state index in [1.165, 1.54) is 0 Å². The Morgan fingerprint density at radius 1 is 1.12 bits per heavy atom. The van der Waals surface area contributed by atoms with E-state index in [4.69, 9.17) is 10.5 Å². The van der Waals surface area contributed by atoms with Gasteiger partial charge in [-0.3, -0.25) is 4.98 Å². The van der Waals surface area contributed by atoms with Crippen LogP contribution in [-0.4, -0.2) is 18.1 Å². The lowest BCUT2D eigenvalue weighted by molar-refractivity contribution is 0.417. The van der Waals surface area contributed by atoms with E-state index in [1.54, 1.807) is 13.3 Å². The molecule has 3 rings (SSSR count). The van der Waals surface area contributed by atoms with Crippen LogP contribution >= 0.6 is 24.0 Å². The van der Waals surface area contributed by atoms with Gasteiger partial charge in [-0.2, -0.15) is 0 Å². The summed E-state index contributed by atoms with van der Waals surface area (Å²) in [5.74, 6) is 1.06. The summed E-state index contributed by atoms with van der Waals surface area (Å²) in [5, 5.41) is 4.16. The normalized spacial score (nSPS) is 11.0. The number of aliphatic imine (C=N–C) groups is 1. The number of nitrogens with one attached hydrogen (secondary N) is 1. The third-order valence-electron chi connectivity index (χ3n) is 3.51. The Hall–Kier alpha value is -2.35. The van der Waals surface area contributed by atoms with Crippen LogP contribution in [0.1, 0.15) is 5.56 Å². The molecule has 24 heavy (non-hydrogen) atoms. The second-order valence-electron chi connectivity index (χ2n) is 5.02. The molecule has 0 amide bonds. The van der Waals surface area contributed by atoms with Gasteiger partial charge in [0.05, 0.1) is 24.9 Å². The van der Waals surface area contributed by atoms with E-state index in [-0.39, 0.29) is 24.0 Å². The van der Waals surface area contributed by atoms with Gasteiger partial charge < -0.3 is 15.8 Å². The molecular weight excluding hydrogens is 415 g/mol. The smallest absolute Gasteiger partial charge is 0.193 e. The maximum Gasteiger partial charge on any atom is 0.193 e. The molecule has 0 spiro atoms. The minimum absolute atomic E-state index is 0. The van der Waals surface area contributed by atoms with Gasteiger partial charge in [0, 0.05) is 11.6 Å². The van der Waals surface area contributed by atoms with E-state index < -0.39 is 0 Å². The van der Waals surface area contributed by atoms with Crippen LogP contribution in [0, 0.1) is 0 Å². The quantitative estimate of drug-likeness (QED) is 0.373. The van der Waals surface area contributed by atoms with Crippen molar-refractivity contribution in [1.29, 1.82) is 0 Å². The fourth-order valence-electron chi connectivity index (χ4n) is 2.39. The fraction of sp³-hybridized carbons (Fsp3) is 0.111. The zero-order valence-electron chi connectivity index (χ0n) is 13.3. The van der Waals surface area contributed by atoms with E-state index in [0.717, 1.165) is 27.9 Å². The topological polar surface area (TPSA) is 72.5 Å². The standard InChI is InChI=1S/C18H18N4O.HI/c1-23-16-10-3-2-9-15(16)22-18(19)21-12-14-7-4-6-13-8-5-11-20-17(13)14;/h2-11H,12H2,1H3,(H3,19,21,22);1H. The molecule has 0 unspecified atom stereocenters. The summed E-state index contributed by atoms with van der Waals surface area (Å²) in [6.45, 7) is 0.461. The summed E-state index contributed by atoms with van der Waals surface area (Å²) < 4.78 is 5.28. The van der Waals surface area contributed by atoms with Crippen molar-refractivity contribution < 1.29 is 4.74 Å². The van der Waals surface area contributed by atoms with Crippen LogP contribution < -0.4 is 15.8 Å². The summed E-state index contributed by atoms with van der Waals surface area (Å²) in [6.07, 6.45) is 1.78. The van der Waals surface area contributed by atoms with E-state index in [1.807, 2.05) is 54.6 Å². The zero-order valence-corrected chi connectivity index (χ0v) is 15.6. The fourth-order valence-corrected chi connectivity index (χ4v) is 2.39. The summed E-state index contributed by atoms with van der Waals surface area (Å²) in [6, 6.07) is 17.6. The van der Waals surface area contributed by atoms with Crippen LogP contribution in [0.3, 0.4) is 0 Å². The minimum atomic E-state index is 0. The maximum absolute atomic E-state index is 5.98. The highest BCUT2D eigenvalue weighted by Crippen LogP contribution is 2.22. The van der Waals surface area contributed by atoms with Gasteiger partial charge in [-0.25, -0.2) is 4.99 Å². The van der Waals surface area contributed by atoms with Crippen LogP contribution in [0.5, 0.6) is 5.75 Å². The SMILES string of the molecule is COc1ccccc1NC(N)=NCc1cccc2cccnc12.I. The molecule has 0 aliphatic carbocycles. The number of fused-ring (bicyclic) bond motifs is 1. The molecule has 0 saturated heterocycles. The highest BCUT2D eigenvalue weighted by atomic mass is 127. The molecule has 3 N–H and O–H groups in total. The summed E-state index contributed by atoms with van der Waals surface area (Å²) in [4.78, 5) is 8.82. The Labute approximate surface area is 158 Å². The number of halogens is 1.